The number of rotatable bonds is 6. The van der Waals surface area contributed by atoms with Crippen LogP contribution in [0.2, 0.25) is 0 Å². The fourth-order valence-corrected chi connectivity index (χ4v) is 2.09. The van der Waals surface area contributed by atoms with Crippen LogP contribution in [-0.4, -0.2) is 13.3 Å². The summed E-state index contributed by atoms with van der Waals surface area (Å²) >= 11 is 0. The molecule has 1 aromatic carbocycles. The lowest BCUT2D eigenvalue weighted by molar-refractivity contribution is 0.314. The van der Waals surface area contributed by atoms with Crippen molar-refractivity contribution in [3.63, 3.8) is 0 Å². The van der Waals surface area contributed by atoms with Crippen molar-refractivity contribution in [3.05, 3.63) is 28.3 Å². The van der Waals surface area contributed by atoms with E-state index in [1.807, 2.05) is 0 Å². The minimum absolute atomic E-state index is 0.244. The lowest BCUT2D eigenvalue weighted by Crippen LogP contribution is -2.03. The van der Waals surface area contributed by atoms with Gasteiger partial charge in [0, 0.05) is 0 Å². The Kier molecular flexibility index (Phi) is 5.46. The molecule has 0 aliphatic carbocycles. The third-order valence-electron chi connectivity index (χ3n) is 3.23. The van der Waals surface area contributed by atoms with Gasteiger partial charge in [-0.25, -0.2) is 0 Å². The van der Waals surface area contributed by atoms with Crippen molar-refractivity contribution in [1.82, 2.24) is 0 Å². The van der Waals surface area contributed by atoms with Gasteiger partial charge in [0.2, 0.25) is 0 Å². The zero-order valence-corrected chi connectivity index (χ0v) is 11.4. The second kappa shape index (κ2) is 6.63. The number of aryl methyl sites for hydroxylation is 1. The highest BCUT2D eigenvalue weighted by Crippen LogP contribution is 2.28. The topological polar surface area (TPSA) is 9.23 Å². The van der Waals surface area contributed by atoms with E-state index in [-0.39, 0.29) is 6.67 Å². The first-order valence-electron chi connectivity index (χ1n) is 6.40. The van der Waals surface area contributed by atoms with Crippen molar-refractivity contribution in [2.45, 2.75) is 47.0 Å². The third kappa shape index (κ3) is 3.45. The molecule has 0 bridgehead atoms. The molecule has 0 aliphatic heterocycles. The quantitative estimate of drug-likeness (QED) is 0.718. The van der Waals surface area contributed by atoms with E-state index < -0.39 is 0 Å². The van der Waals surface area contributed by atoms with Crippen LogP contribution in [0.1, 0.15) is 42.0 Å². The summed E-state index contributed by atoms with van der Waals surface area (Å²) in [4.78, 5) is 0. The van der Waals surface area contributed by atoms with Crippen LogP contribution in [0, 0.1) is 20.8 Å². The van der Waals surface area contributed by atoms with Gasteiger partial charge in [0.05, 0.1) is 13.3 Å². The van der Waals surface area contributed by atoms with Gasteiger partial charge in [0.1, 0.15) is 5.75 Å². The van der Waals surface area contributed by atoms with Crippen LogP contribution in [0.3, 0.4) is 0 Å². The van der Waals surface area contributed by atoms with Gasteiger partial charge in [0.25, 0.3) is 0 Å². The molecule has 0 fully saturated rings. The predicted octanol–water partition coefficient (Wildman–Crippen LogP) is 4.30. The van der Waals surface area contributed by atoms with E-state index in [4.69, 9.17) is 4.74 Å². The molecular formula is C15H23FO. The number of halogens is 1. The molecule has 1 aromatic rings. The summed E-state index contributed by atoms with van der Waals surface area (Å²) in [6, 6.07) is 2.09. The predicted molar refractivity (Wildman–Crippen MR) is 70.7 cm³/mol. The van der Waals surface area contributed by atoms with E-state index in [1.165, 1.54) is 22.3 Å². The average molecular weight is 238 g/mol. The van der Waals surface area contributed by atoms with Crippen molar-refractivity contribution in [2.75, 3.05) is 13.3 Å². The monoisotopic (exact) mass is 238 g/mol. The maximum absolute atomic E-state index is 12.3. The van der Waals surface area contributed by atoms with Gasteiger partial charge in [-0.2, -0.15) is 0 Å². The van der Waals surface area contributed by atoms with Crippen molar-refractivity contribution in [2.24, 2.45) is 0 Å². The van der Waals surface area contributed by atoms with E-state index in [0.717, 1.165) is 25.2 Å². The van der Waals surface area contributed by atoms with E-state index in [9.17, 15) is 4.39 Å². The molecule has 0 spiro atoms. The molecule has 0 atom stereocenters. The smallest absolute Gasteiger partial charge is 0.122 e. The summed E-state index contributed by atoms with van der Waals surface area (Å²) in [5.74, 6) is 0.978. The first kappa shape index (κ1) is 14.0. The maximum Gasteiger partial charge on any atom is 0.122 e. The highest BCUT2D eigenvalue weighted by molar-refractivity contribution is 5.48. The van der Waals surface area contributed by atoms with Gasteiger partial charge >= 0.3 is 0 Å². The molecule has 0 aliphatic rings. The second-order valence-electron chi connectivity index (χ2n) is 4.56. The fraction of sp³-hybridized carbons (Fsp3) is 0.600. The molecule has 0 radical (unpaired) electrons. The van der Waals surface area contributed by atoms with E-state index >= 15 is 0 Å². The van der Waals surface area contributed by atoms with Gasteiger partial charge in [-0.1, -0.05) is 6.92 Å². The maximum atomic E-state index is 12.3. The molecular weight excluding hydrogens is 215 g/mol. The summed E-state index contributed by atoms with van der Waals surface area (Å²) in [6.07, 6.45) is 2.44. The zero-order valence-electron chi connectivity index (χ0n) is 11.4. The number of hydrogen-bond donors (Lipinski definition) is 0. The Morgan fingerprint density at radius 3 is 2.47 bits per heavy atom. The number of benzene rings is 1. The largest absolute Gasteiger partial charge is 0.493 e. The molecule has 1 nitrogen and oxygen atoms in total. The fourth-order valence-electron chi connectivity index (χ4n) is 2.09. The van der Waals surface area contributed by atoms with Gasteiger partial charge in [0.15, 0.2) is 0 Å². The summed E-state index contributed by atoms with van der Waals surface area (Å²) < 4.78 is 18.0. The van der Waals surface area contributed by atoms with Crippen LogP contribution < -0.4 is 4.74 Å². The molecule has 2 heteroatoms. The second-order valence-corrected chi connectivity index (χ2v) is 4.56. The summed E-state index contributed by atoms with van der Waals surface area (Å²) in [5, 5.41) is 0. The van der Waals surface area contributed by atoms with Crippen molar-refractivity contribution in [1.29, 1.82) is 0 Å². The molecule has 0 saturated carbocycles. The summed E-state index contributed by atoms with van der Waals surface area (Å²) in [7, 11) is 0. The van der Waals surface area contributed by atoms with Crippen LogP contribution in [0.15, 0.2) is 6.07 Å². The van der Waals surface area contributed by atoms with Crippen LogP contribution in [0.25, 0.3) is 0 Å². The van der Waals surface area contributed by atoms with Crippen molar-refractivity contribution < 1.29 is 9.13 Å². The Labute approximate surface area is 104 Å². The Morgan fingerprint density at radius 1 is 1.18 bits per heavy atom. The SMILES string of the molecule is CCCOc1cc(C)c(CCCF)c(C)c1C. The van der Waals surface area contributed by atoms with Gasteiger partial charge in [-0.15, -0.1) is 0 Å². The first-order chi connectivity index (χ1) is 8.11. The third-order valence-corrected chi connectivity index (χ3v) is 3.23. The molecule has 0 unspecified atom stereocenters. The lowest BCUT2D eigenvalue weighted by atomic mass is 9.94. The van der Waals surface area contributed by atoms with E-state index in [1.54, 1.807) is 0 Å². The Hall–Kier alpha value is -1.05. The summed E-state index contributed by atoms with van der Waals surface area (Å²) in [5.41, 5.74) is 4.94. The molecule has 0 heterocycles. The number of alkyl halides is 1. The highest BCUT2D eigenvalue weighted by Gasteiger charge is 2.10. The zero-order chi connectivity index (χ0) is 12.8. The van der Waals surface area contributed by atoms with Gasteiger partial charge < -0.3 is 4.74 Å². The van der Waals surface area contributed by atoms with Crippen LogP contribution in [0.4, 0.5) is 4.39 Å². The number of ether oxygens (including phenoxy) is 1. The number of hydrogen-bond acceptors (Lipinski definition) is 1. The first-order valence-corrected chi connectivity index (χ1v) is 6.40. The highest BCUT2D eigenvalue weighted by atomic mass is 19.1. The standard InChI is InChI=1S/C15H23FO/c1-5-9-17-15-10-11(2)14(7-6-8-16)12(3)13(15)4/h10H,5-9H2,1-4H3. The van der Waals surface area contributed by atoms with Crippen molar-refractivity contribution in [3.8, 4) is 5.75 Å². The van der Waals surface area contributed by atoms with Gasteiger partial charge in [-0.3, -0.25) is 4.39 Å². The lowest BCUT2D eigenvalue weighted by Gasteiger charge is -2.16. The van der Waals surface area contributed by atoms with E-state index in [0.29, 0.717) is 6.42 Å². The molecule has 0 amide bonds. The van der Waals surface area contributed by atoms with Crippen LogP contribution in [0.5, 0.6) is 5.75 Å². The van der Waals surface area contributed by atoms with Crippen molar-refractivity contribution >= 4 is 0 Å². The molecule has 17 heavy (non-hydrogen) atoms. The molecule has 96 valence electrons. The normalized spacial score (nSPS) is 10.6. The average Bonchev–Trinajstić information content (AvgIpc) is 2.32. The molecule has 0 saturated heterocycles. The van der Waals surface area contributed by atoms with E-state index in [2.05, 4.69) is 33.8 Å². The Balaban J connectivity index is 2.99. The molecule has 0 aromatic heterocycles. The Morgan fingerprint density at radius 2 is 1.88 bits per heavy atom. The Bertz CT molecular complexity index is 372. The minimum Gasteiger partial charge on any atom is -0.493 e. The molecule has 0 N–H and O–H groups in total. The summed E-state index contributed by atoms with van der Waals surface area (Å²) in [6.45, 7) is 8.88. The van der Waals surface area contributed by atoms with Gasteiger partial charge in [-0.05, 0) is 68.4 Å². The van der Waals surface area contributed by atoms with Crippen LogP contribution >= 0.6 is 0 Å². The van der Waals surface area contributed by atoms with Crippen LogP contribution in [-0.2, 0) is 6.42 Å². The minimum atomic E-state index is -0.244. The molecule has 1 rings (SSSR count).